The minimum atomic E-state index is -0.498. The van der Waals surface area contributed by atoms with Crippen molar-refractivity contribution in [2.24, 2.45) is 10.5 Å². The number of hydrogen-bond acceptors (Lipinski definition) is 1. The third-order valence-corrected chi connectivity index (χ3v) is 7.32. The Morgan fingerprint density at radius 3 is 2.07 bits per heavy atom. The predicted molar refractivity (Wildman–Crippen MR) is 123 cm³/mol. The molecule has 0 unspecified atom stereocenters. The first-order valence-electron chi connectivity index (χ1n) is 9.85. The van der Waals surface area contributed by atoms with Gasteiger partial charge in [-0.25, -0.2) is 4.76 Å². The van der Waals surface area contributed by atoms with Crippen LogP contribution in [0, 0.1) is 6.92 Å². The number of rotatable bonds is 5. The highest BCUT2D eigenvalue weighted by atomic mass is 31.1. The molecule has 0 fully saturated rings. The van der Waals surface area contributed by atoms with Gasteiger partial charge in [0.05, 0.1) is 0 Å². The standard InChI is InChI=1S/C24H35N2P/c1-16(2)27(17(3)4)26-23(25)20-14-13-18(5)15-21(20)19-11-9-10-12-22(19)24(6,7)8/h9-17H,1-8H3,(H2,25,26). The van der Waals surface area contributed by atoms with Crippen LogP contribution < -0.4 is 5.73 Å². The van der Waals surface area contributed by atoms with Gasteiger partial charge < -0.3 is 5.73 Å². The van der Waals surface area contributed by atoms with Gasteiger partial charge in [-0.15, -0.1) is 0 Å². The van der Waals surface area contributed by atoms with Gasteiger partial charge in [0, 0.05) is 13.6 Å². The zero-order chi connectivity index (χ0) is 20.4. The molecule has 0 saturated heterocycles. The minimum absolute atomic E-state index is 0.0615. The lowest BCUT2D eigenvalue weighted by molar-refractivity contribution is 0.592. The lowest BCUT2D eigenvalue weighted by Gasteiger charge is -2.25. The van der Waals surface area contributed by atoms with Crippen LogP contribution in [0.3, 0.4) is 0 Å². The van der Waals surface area contributed by atoms with E-state index in [2.05, 4.69) is 97.9 Å². The Kier molecular flexibility index (Phi) is 6.87. The molecule has 2 N–H and O–H groups in total. The Morgan fingerprint density at radius 2 is 1.52 bits per heavy atom. The number of hydrogen-bond donors (Lipinski definition) is 1. The van der Waals surface area contributed by atoms with E-state index in [9.17, 15) is 0 Å². The third-order valence-electron chi connectivity index (χ3n) is 4.76. The molecular weight excluding hydrogens is 347 g/mol. The molecule has 2 aromatic carbocycles. The minimum Gasteiger partial charge on any atom is -0.383 e. The Morgan fingerprint density at radius 1 is 0.926 bits per heavy atom. The van der Waals surface area contributed by atoms with E-state index in [4.69, 9.17) is 10.5 Å². The number of aryl methyl sites for hydroxylation is 1. The summed E-state index contributed by atoms with van der Waals surface area (Å²) in [5.41, 5.74) is 13.7. The fourth-order valence-corrected chi connectivity index (χ4v) is 5.49. The third kappa shape index (κ3) is 5.20. The second kappa shape index (κ2) is 8.57. The van der Waals surface area contributed by atoms with Crippen molar-refractivity contribution in [3.63, 3.8) is 0 Å². The molecule has 0 aliphatic heterocycles. The molecule has 0 heterocycles. The summed E-state index contributed by atoms with van der Waals surface area (Å²) < 4.78 is 5.01. The first kappa shape index (κ1) is 21.6. The van der Waals surface area contributed by atoms with Crippen LogP contribution in [0.25, 0.3) is 11.1 Å². The van der Waals surface area contributed by atoms with Crippen molar-refractivity contribution in [1.82, 2.24) is 0 Å². The molecule has 2 nitrogen and oxygen atoms in total. The highest BCUT2D eigenvalue weighted by Gasteiger charge is 2.22. The van der Waals surface area contributed by atoms with Crippen LogP contribution in [0.4, 0.5) is 0 Å². The summed E-state index contributed by atoms with van der Waals surface area (Å²) in [5, 5.41) is 0. The predicted octanol–water partition coefficient (Wildman–Crippen LogP) is 6.88. The summed E-state index contributed by atoms with van der Waals surface area (Å²) >= 11 is 0. The number of nitrogens with zero attached hydrogens (tertiary/aromatic N) is 1. The molecule has 27 heavy (non-hydrogen) atoms. The second-order valence-corrected chi connectivity index (χ2v) is 11.9. The monoisotopic (exact) mass is 382 g/mol. The highest BCUT2D eigenvalue weighted by Crippen LogP contribution is 2.48. The molecule has 0 saturated carbocycles. The van der Waals surface area contributed by atoms with Crippen LogP contribution in [0.15, 0.2) is 47.2 Å². The Bertz CT molecular complexity index is 805. The highest BCUT2D eigenvalue weighted by molar-refractivity contribution is 7.57. The lowest BCUT2D eigenvalue weighted by atomic mass is 9.80. The average Bonchev–Trinajstić information content (AvgIpc) is 2.58. The van der Waals surface area contributed by atoms with E-state index >= 15 is 0 Å². The molecule has 0 radical (unpaired) electrons. The molecule has 0 bridgehead atoms. The quantitative estimate of drug-likeness (QED) is 0.342. The maximum atomic E-state index is 6.59. The number of benzene rings is 2. The van der Waals surface area contributed by atoms with Gasteiger partial charge in [-0.3, -0.25) is 0 Å². The van der Waals surface area contributed by atoms with Crippen molar-refractivity contribution in [3.8, 4) is 11.1 Å². The molecular formula is C24H35N2P. The van der Waals surface area contributed by atoms with Gasteiger partial charge in [0.25, 0.3) is 0 Å². The van der Waals surface area contributed by atoms with Gasteiger partial charge >= 0.3 is 0 Å². The van der Waals surface area contributed by atoms with Crippen molar-refractivity contribution < 1.29 is 0 Å². The van der Waals surface area contributed by atoms with Crippen LogP contribution in [-0.2, 0) is 5.41 Å². The zero-order valence-electron chi connectivity index (χ0n) is 18.2. The summed E-state index contributed by atoms with van der Waals surface area (Å²) in [6, 6.07) is 15.2. The van der Waals surface area contributed by atoms with E-state index in [-0.39, 0.29) is 5.41 Å². The zero-order valence-corrected chi connectivity index (χ0v) is 19.1. The molecule has 0 amide bonds. The SMILES string of the molecule is Cc1ccc(C(N)=NP(C(C)C)C(C)C)c(-c2ccccc2C(C)(C)C)c1. The Labute approximate surface area is 167 Å². The number of nitrogens with two attached hydrogens (primary N) is 1. The van der Waals surface area contributed by atoms with Crippen molar-refractivity contribution in [2.45, 2.75) is 72.1 Å². The molecule has 2 rings (SSSR count). The van der Waals surface area contributed by atoms with E-state index in [0.29, 0.717) is 17.2 Å². The average molecular weight is 383 g/mol. The van der Waals surface area contributed by atoms with E-state index in [1.54, 1.807) is 0 Å². The van der Waals surface area contributed by atoms with Gasteiger partial charge in [-0.2, -0.15) is 0 Å². The molecule has 2 aromatic rings. The van der Waals surface area contributed by atoms with Crippen molar-refractivity contribution in [1.29, 1.82) is 0 Å². The van der Waals surface area contributed by atoms with Gasteiger partial charge in [0.1, 0.15) is 5.84 Å². The van der Waals surface area contributed by atoms with Gasteiger partial charge in [-0.05, 0) is 40.3 Å². The molecule has 0 aromatic heterocycles. The summed E-state index contributed by atoms with van der Waals surface area (Å²) in [7, 11) is -0.498. The molecule has 146 valence electrons. The molecule has 3 heteroatoms. The van der Waals surface area contributed by atoms with Crippen LogP contribution in [0.1, 0.15) is 65.2 Å². The van der Waals surface area contributed by atoms with Gasteiger partial charge in [0.2, 0.25) is 0 Å². The normalized spacial score (nSPS) is 13.1. The van der Waals surface area contributed by atoms with Crippen LogP contribution >= 0.6 is 8.07 Å². The summed E-state index contributed by atoms with van der Waals surface area (Å²) in [5.74, 6) is 0.669. The van der Waals surface area contributed by atoms with E-state index < -0.39 is 8.07 Å². The first-order chi connectivity index (χ1) is 12.5. The maximum absolute atomic E-state index is 6.59. The largest absolute Gasteiger partial charge is 0.383 e. The van der Waals surface area contributed by atoms with E-state index in [1.807, 2.05) is 0 Å². The van der Waals surface area contributed by atoms with E-state index in [0.717, 1.165) is 5.56 Å². The first-order valence-corrected chi connectivity index (χ1v) is 11.3. The summed E-state index contributed by atoms with van der Waals surface area (Å²) in [4.78, 5) is 0. The van der Waals surface area contributed by atoms with Gasteiger partial charge in [-0.1, -0.05) is 96.5 Å². The second-order valence-electron chi connectivity index (χ2n) is 8.90. The van der Waals surface area contributed by atoms with E-state index in [1.165, 1.54) is 22.3 Å². The van der Waals surface area contributed by atoms with Crippen molar-refractivity contribution >= 4 is 13.9 Å². The topological polar surface area (TPSA) is 38.4 Å². The molecule has 0 aliphatic rings. The summed E-state index contributed by atoms with van der Waals surface area (Å²) in [6.07, 6.45) is 0. The Balaban J connectivity index is 2.67. The lowest BCUT2D eigenvalue weighted by Crippen LogP contribution is -2.18. The number of amidine groups is 1. The molecule has 0 aliphatic carbocycles. The Hall–Kier alpha value is -1.66. The van der Waals surface area contributed by atoms with Crippen molar-refractivity contribution in [3.05, 3.63) is 59.2 Å². The maximum Gasteiger partial charge on any atom is 0.130 e. The molecule has 0 atom stereocenters. The van der Waals surface area contributed by atoms with Crippen LogP contribution in [0.2, 0.25) is 0 Å². The smallest absolute Gasteiger partial charge is 0.130 e. The van der Waals surface area contributed by atoms with Gasteiger partial charge in [0.15, 0.2) is 0 Å². The fraction of sp³-hybridized carbons (Fsp3) is 0.458. The fourth-order valence-electron chi connectivity index (χ4n) is 3.48. The summed E-state index contributed by atoms with van der Waals surface area (Å²) in [6.45, 7) is 17.9. The van der Waals surface area contributed by atoms with Crippen LogP contribution in [-0.4, -0.2) is 17.2 Å². The molecule has 0 spiro atoms. The van der Waals surface area contributed by atoms with Crippen LogP contribution in [0.5, 0.6) is 0 Å². The van der Waals surface area contributed by atoms with Crippen molar-refractivity contribution in [2.75, 3.05) is 0 Å².